The lowest BCUT2D eigenvalue weighted by molar-refractivity contribution is -0.161. The van der Waals surface area contributed by atoms with Crippen LogP contribution in [0.2, 0.25) is 0 Å². The molecular formula is C70H136O17P2. The van der Waals surface area contributed by atoms with Crippen molar-refractivity contribution < 1.29 is 80.2 Å². The summed E-state index contributed by atoms with van der Waals surface area (Å²) in [7, 11) is -9.89. The Morgan fingerprint density at radius 2 is 0.573 bits per heavy atom. The van der Waals surface area contributed by atoms with Crippen LogP contribution >= 0.6 is 15.6 Å². The van der Waals surface area contributed by atoms with Gasteiger partial charge in [-0.05, 0) is 43.4 Å². The number of phosphoric acid groups is 2. The van der Waals surface area contributed by atoms with E-state index in [4.69, 9.17) is 37.0 Å². The van der Waals surface area contributed by atoms with Crippen molar-refractivity contribution in [1.29, 1.82) is 0 Å². The van der Waals surface area contributed by atoms with Gasteiger partial charge in [0.05, 0.1) is 26.4 Å². The average molecular weight is 1310 g/mol. The zero-order chi connectivity index (χ0) is 65.9. The van der Waals surface area contributed by atoms with E-state index < -0.39 is 97.5 Å². The molecule has 0 amide bonds. The van der Waals surface area contributed by atoms with Gasteiger partial charge in [-0.3, -0.25) is 37.3 Å². The lowest BCUT2D eigenvalue weighted by Gasteiger charge is -2.21. The van der Waals surface area contributed by atoms with Gasteiger partial charge in [-0.1, -0.05) is 299 Å². The van der Waals surface area contributed by atoms with Gasteiger partial charge in [-0.15, -0.1) is 0 Å². The molecule has 0 aliphatic heterocycles. The predicted octanol–water partition coefficient (Wildman–Crippen LogP) is 19.8. The summed E-state index contributed by atoms with van der Waals surface area (Å²) in [4.78, 5) is 72.3. The van der Waals surface area contributed by atoms with Crippen molar-refractivity contribution >= 4 is 39.5 Å². The normalized spacial score (nSPS) is 14.5. The Kier molecular flexibility index (Phi) is 59.6. The van der Waals surface area contributed by atoms with Crippen molar-refractivity contribution in [3.8, 4) is 0 Å². The molecule has 3 unspecified atom stereocenters. The summed E-state index contributed by atoms with van der Waals surface area (Å²) in [6.07, 6.45) is 44.9. The van der Waals surface area contributed by atoms with E-state index in [0.717, 1.165) is 115 Å². The fraction of sp³-hybridized carbons (Fsp3) is 0.943. The third kappa shape index (κ3) is 63.2. The van der Waals surface area contributed by atoms with Crippen molar-refractivity contribution in [3.05, 3.63) is 0 Å². The first kappa shape index (κ1) is 87.1. The van der Waals surface area contributed by atoms with Gasteiger partial charge in [0.15, 0.2) is 12.2 Å². The number of ether oxygens (including phenoxy) is 4. The van der Waals surface area contributed by atoms with Gasteiger partial charge in [-0.2, -0.15) is 0 Å². The molecule has 0 aliphatic rings. The molecule has 0 saturated carbocycles. The Labute approximate surface area is 543 Å². The first-order valence-electron chi connectivity index (χ1n) is 36.4. The van der Waals surface area contributed by atoms with E-state index >= 15 is 0 Å². The van der Waals surface area contributed by atoms with Gasteiger partial charge >= 0.3 is 39.5 Å². The summed E-state index contributed by atoms with van der Waals surface area (Å²) in [6, 6.07) is 0. The van der Waals surface area contributed by atoms with Gasteiger partial charge in [0.2, 0.25) is 0 Å². The van der Waals surface area contributed by atoms with Gasteiger partial charge in [0.25, 0.3) is 0 Å². The van der Waals surface area contributed by atoms with Crippen LogP contribution in [0.25, 0.3) is 0 Å². The Morgan fingerprint density at radius 1 is 0.326 bits per heavy atom. The highest BCUT2D eigenvalue weighted by molar-refractivity contribution is 7.47. The highest BCUT2D eigenvalue weighted by atomic mass is 31.2. The summed E-state index contributed by atoms with van der Waals surface area (Å²) in [5.41, 5.74) is 0. The van der Waals surface area contributed by atoms with E-state index in [1.807, 2.05) is 0 Å². The molecule has 19 heteroatoms. The number of aliphatic hydroxyl groups excluding tert-OH is 1. The third-order valence-corrected chi connectivity index (χ3v) is 18.4. The molecule has 0 spiro atoms. The van der Waals surface area contributed by atoms with Gasteiger partial charge < -0.3 is 33.8 Å². The molecule has 0 radical (unpaired) electrons. The van der Waals surface area contributed by atoms with Crippen LogP contribution in [-0.2, 0) is 65.4 Å². The number of hydrogen-bond acceptors (Lipinski definition) is 15. The minimum Gasteiger partial charge on any atom is -0.462 e. The minimum atomic E-state index is -4.95. The van der Waals surface area contributed by atoms with Crippen molar-refractivity contribution in [1.82, 2.24) is 0 Å². The second-order valence-corrected chi connectivity index (χ2v) is 29.4. The number of esters is 4. The van der Waals surface area contributed by atoms with E-state index in [0.29, 0.717) is 31.6 Å². The monoisotopic (exact) mass is 1310 g/mol. The number of unbranched alkanes of at least 4 members (excludes halogenated alkanes) is 35. The lowest BCUT2D eigenvalue weighted by atomic mass is 9.99. The topological polar surface area (TPSA) is 237 Å². The van der Waals surface area contributed by atoms with Crippen LogP contribution in [0.3, 0.4) is 0 Å². The molecule has 0 bridgehead atoms. The van der Waals surface area contributed by atoms with Crippen LogP contribution in [0.4, 0.5) is 0 Å². The number of phosphoric ester groups is 2. The van der Waals surface area contributed by atoms with Crippen molar-refractivity contribution in [2.24, 2.45) is 17.8 Å². The summed E-state index contributed by atoms with van der Waals surface area (Å²) in [6.45, 7) is 11.7. The third-order valence-electron chi connectivity index (χ3n) is 16.5. The molecule has 528 valence electrons. The molecule has 0 saturated heterocycles. The number of carbonyl (C=O) groups is 4. The fourth-order valence-corrected chi connectivity index (χ4v) is 12.1. The molecule has 0 heterocycles. The first-order chi connectivity index (χ1) is 42.8. The van der Waals surface area contributed by atoms with Gasteiger partial charge in [0.1, 0.15) is 19.3 Å². The molecule has 89 heavy (non-hydrogen) atoms. The lowest BCUT2D eigenvalue weighted by Crippen LogP contribution is -2.30. The molecule has 0 aromatic rings. The zero-order valence-corrected chi connectivity index (χ0v) is 59.7. The van der Waals surface area contributed by atoms with Crippen LogP contribution in [0.15, 0.2) is 0 Å². The number of rotatable bonds is 68. The molecular weight excluding hydrogens is 1170 g/mol. The predicted molar refractivity (Wildman–Crippen MR) is 358 cm³/mol. The summed E-state index contributed by atoms with van der Waals surface area (Å²) in [5.74, 6) is 0.129. The van der Waals surface area contributed by atoms with Crippen LogP contribution in [0.5, 0.6) is 0 Å². The van der Waals surface area contributed by atoms with Crippen molar-refractivity contribution in [3.63, 3.8) is 0 Å². The second kappa shape index (κ2) is 61.0. The van der Waals surface area contributed by atoms with Crippen LogP contribution in [-0.4, -0.2) is 96.7 Å². The first-order valence-corrected chi connectivity index (χ1v) is 39.4. The molecule has 6 atom stereocenters. The Balaban J connectivity index is 5.11. The molecule has 0 fully saturated rings. The van der Waals surface area contributed by atoms with Crippen molar-refractivity contribution in [2.45, 2.75) is 369 Å². The van der Waals surface area contributed by atoms with E-state index in [-0.39, 0.29) is 25.7 Å². The molecule has 17 nitrogen and oxygen atoms in total. The minimum absolute atomic E-state index is 0.101. The Morgan fingerprint density at radius 3 is 0.854 bits per heavy atom. The molecule has 3 N–H and O–H groups in total. The SMILES string of the molecule is CCCCCCCCCC(=O)OC[C@H](COP(=O)(O)OC[C@H](O)COP(=O)(O)OC[C@@H](COC(=O)CCCCCCCCCCC(C)C)OC(=O)CCCCCCCCCCCCCCCCCCCCC(C)CC)OC(=O)CCCCCCCCC(C)C. The highest BCUT2D eigenvalue weighted by Gasteiger charge is 2.30. The Bertz CT molecular complexity index is 1750. The second-order valence-electron chi connectivity index (χ2n) is 26.5. The van der Waals surface area contributed by atoms with Gasteiger partial charge in [-0.25, -0.2) is 9.13 Å². The number of carbonyl (C=O) groups excluding carboxylic acids is 4. The summed E-state index contributed by atoms with van der Waals surface area (Å²) >= 11 is 0. The number of hydrogen-bond donors (Lipinski definition) is 3. The smallest absolute Gasteiger partial charge is 0.462 e. The van der Waals surface area contributed by atoms with E-state index in [1.165, 1.54) is 148 Å². The van der Waals surface area contributed by atoms with E-state index in [1.54, 1.807) is 0 Å². The summed E-state index contributed by atoms with van der Waals surface area (Å²) in [5, 5.41) is 10.6. The Hall–Kier alpha value is -1.94. The highest BCUT2D eigenvalue weighted by Crippen LogP contribution is 2.45. The molecule has 0 aromatic carbocycles. The molecule has 0 aromatic heterocycles. The van der Waals surface area contributed by atoms with Crippen LogP contribution < -0.4 is 0 Å². The maximum Gasteiger partial charge on any atom is 0.472 e. The van der Waals surface area contributed by atoms with Crippen LogP contribution in [0.1, 0.15) is 350 Å². The quantitative estimate of drug-likeness (QED) is 0.0222. The van der Waals surface area contributed by atoms with E-state index in [9.17, 15) is 43.2 Å². The standard InChI is InChI=1S/C70H136O17P2/c1-8-10-11-12-27-37-44-51-67(72)80-57-66(87-70(75)54-47-40-33-32-35-42-49-62(5)6)60-85-89(78,79)83-56-64(71)55-82-88(76,77)84-59-65(58-81-68(73)52-45-38-30-26-25-28-34-41-48-61(3)4)86-69(74)53-46-39-31-24-22-20-18-16-14-13-15-17-19-21-23-29-36-43-50-63(7)9-2/h61-66,71H,8-60H2,1-7H3,(H,76,77)(H,78,79)/t63?,64-,65-,66-/m1/s1. The van der Waals surface area contributed by atoms with Crippen molar-refractivity contribution in [2.75, 3.05) is 39.6 Å². The van der Waals surface area contributed by atoms with E-state index in [2.05, 4.69) is 48.5 Å². The van der Waals surface area contributed by atoms with Gasteiger partial charge in [0, 0.05) is 25.7 Å². The average Bonchev–Trinajstić information content (AvgIpc) is 3.69. The van der Waals surface area contributed by atoms with Crippen LogP contribution in [0, 0.1) is 17.8 Å². The largest absolute Gasteiger partial charge is 0.472 e. The maximum absolute atomic E-state index is 13.0. The zero-order valence-electron chi connectivity index (χ0n) is 57.9. The molecule has 0 aliphatic carbocycles. The maximum atomic E-state index is 13.0. The number of aliphatic hydroxyl groups is 1. The summed E-state index contributed by atoms with van der Waals surface area (Å²) < 4.78 is 68.1. The fourth-order valence-electron chi connectivity index (χ4n) is 10.5. The molecule has 0 rings (SSSR count).